The molecular formula is C61H94O6. The van der Waals surface area contributed by atoms with Crippen LogP contribution in [-0.2, 0) is 28.6 Å². The standard InChI is InChI=1S/C61H94O6/c1-4-7-10-13-16-19-22-25-28-30-33-36-39-42-45-48-51-54-60(63)66-57-58(56-65-59(62)53-50-47-44-41-38-35-32-27-24-21-18-15-12-9-6-3)67-61(64)55-52-49-46-43-40-37-34-31-29-26-23-20-17-14-11-8-5-2/h7,9-10,12,16-21,25-29,32-34,36-38,41,43,46,58H,4-6,8,11,13-15,22-24,30-31,35,39-40,42,44-45,47-57H2,1-3H3/b10-7-,12-9-,19-16-,20-17-,21-18-,28-25-,29-26-,32-27-,36-33-,37-34-,41-38-,46-43-/t58-/m0/s1. The summed E-state index contributed by atoms with van der Waals surface area (Å²) < 4.78 is 16.7. The van der Waals surface area contributed by atoms with Gasteiger partial charge in [-0.15, -0.1) is 0 Å². The third-order valence-corrected chi connectivity index (χ3v) is 10.3. The van der Waals surface area contributed by atoms with Crippen molar-refractivity contribution in [2.75, 3.05) is 13.2 Å². The van der Waals surface area contributed by atoms with Crippen molar-refractivity contribution in [3.63, 3.8) is 0 Å². The Bertz CT molecular complexity index is 1530. The molecule has 1 atom stereocenters. The molecule has 6 nitrogen and oxygen atoms in total. The Morgan fingerprint density at radius 2 is 0.597 bits per heavy atom. The second-order valence-electron chi connectivity index (χ2n) is 16.7. The molecule has 0 aliphatic rings. The number of unbranched alkanes of at least 4 members (excludes halogenated alkanes) is 10. The number of allylic oxidation sites excluding steroid dienone is 24. The van der Waals surface area contributed by atoms with Gasteiger partial charge in [0.15, 0.2) is 6.10 Å². The molecule has 0 aromatic carbocycles. The SMILES string of the molecule is CC/C=C\C/C=C\C/C=C\C/C=C\CCCCCCC(=O)OC[C@H](COC(=O)CCCC/C=C\C/C=C\C/C=C\C/C=C\CC)OC(=O)CCC/C=C\C/C=C\C/C=C\C/C=C\CCCCC. The lowest BCUT2D eigenvalue weighted by atomic mass is 10.1. The van der Waals surface area contributed by atoms with Crippen LogP contribution >= 0.6 is 0 Å². The Labute approximate surface area is 410 Å². The minimum atomic E-state index is -0.840. The largest absolute Gasteiger partial charge is 0.462 e. The predicted molar refractivity (Wildman–Crippen MR) is 288 cm³/mol. The number of hydrogen-bond acceptors (Lipinski definition) is 6. The van der Waals surface area contributed by atoms with Crippen LogP contribution < -0.4 is 0 Å². The van der Waals surface area contributed by atoms with Crippen LogP contribution in [0.1, 0.15) is 201 Å². The van der Waals surface area contributed by atoms with Crippen molar-refractivity contribution in [3.8, 4) is 0 Å². The highest BCUT2D eigenvalue weighted by molar-refractivity contribution is 5.71. The number of ether oxygens (including phenoxy) is 3. The summed E-state index contributed by atoms with van der Waals surface area (Å²) in [6, 6.07) is 0. The maximum atomic E-state index is 12.8. The molecule has 0 unspecified atom stereocenters. The first-order valence-electron chi connectivity index (χ1n) is 26.3. The van der Waals surface area contributed by atoms with Crippen LogP contribution in [0.4, 0.5) is 0 Å². The molecule has 0 amide bonds. The van der Waals surface area contributed by atoms with Gasteiger partial charge in [-0.1, -0.05) is 192 Å². The molecule has 0 saturated heterocycles. The fourth-order valence-corrected chi connectivity index (χ4v) is 6.41. The van der Waals surface area contributed by atoms with Gasteiger partial charge in [0.1, 0.15) is 13.2 Å². The van der Waals surface area contributed by atoms with Gasteiger partial charge in [0, 0.05) is 19.3 Å². The Morgan fingerprint density at radius 1 is 0.313 bits per heavy atom. The lowest BCUT2D eigenvalue weighted by Crippen LogP contribution is -2.30. The smallest absolute Gasteiger partial charge is 0.306 e. The van der Waals surface area contributed by atoms with E-state index in [1.807, 2.05) is 0 Å². The minimum absolute atomic E-state index is 0.132. The maximum absolute atomic E-state index is 12.8. The second kappa shape index (κ2) is 53.9. The van der Waals surface area contributed by atoms with E-state index in [4.69, 9.17) is 14.2 Å². The van der Waals surface area contributed by atoms with E-state index in [1.54, 1.807) is 0 Å². The summed E-state index contributed by atoms with van der Waals surface area (Å²) in [7, 11) is 0. The van der Waals surface area contributed by atoms with Crippen LogP contribution in [0.5, 0.6) is 0 Å². The van der Waals surface area contributed by atoms with Crippen molar-refractivity contribution in [2.24, 2.45) is 0 Å². The fraction of sp³-hybridized carbons (Fsp3) is 0.557. The average molecular weight is 923 g/mol. The van der Waals surface area contributed by atoms with Crippen molar-refractivity contribution in [1.29, 1.82) is 0 Å². The number of rotatable bonds is 45. The van der Waals surface area contributed by atoms with E-state index < -0.39 is 6.10 Å². The number of carbonyl (C=O) groups excluding carboxylic acids is 3. The number of esters is 3. The van der Waals surface area contributed by atoms with Crippen molar-refractivity contribution in [3.05, 3.63) is 146 Å². The van der Waals surface area contributed by atoms with Crippen molar-refractivity contribution in [1.82, 2.24) is 0 Å². The molecule has 0 radical (unpaired) electrons. The Balaban J connectivity index is 4.62. The average Bonchev–Trinajstić information content (AvgIpc) is 3.33. The quantitative estimate of drug-likeness (QED) is 0.0262. The molecule has 6 heteroatoms. The van der Waals surface area contributed by atoms with Gasteiger partial charge in [-0.3, -0.25) is 14.4 Å². The highest BCUT2D eigenvalue weighted by Crippen LogP contribution is 2.11. The molecule has 67 heavy (non-hydrogen) atoms. The predicted octanol–water partition coefficient (Wildman–Crippen LogP) is 17.6. The lowest BCUT2D eigenvalue weighted by molar-refractivity contribution is -0.167. The van der Waals surface area contributed by atoms with Gasteiger partial charge in [0.25, 0.3) is 0 Å². The van der Waals surface area contributed by atoms with Crippen molar-refractivity contribution >= 4 is 17.9 Å². The highest BCUT2D eigenvalue weighted by Gasteiger charge is 2.19. The zero-order chi connectivity index (χ0) is 48.6. The molecule has 0 bridgehead atoms. The number of hydrogen-bond donors (Lipinski definition) is 0. The summed E-state index contributed by atoms with van der Waals surface area (Å²) in [5, 5.41) is 0. The Kier molecular flexibility index (Phi) is 50.1. The highest BCUT2D eigenvalue weighted by atomic mass is 16.6. The monoisotopic (exact) mass is 923 g/mol. The molecular weight excluding hydrogens is 829 g/mol. The third-order valence-electron chi connectivity index (χ3n) is 10.3. The van der Waals surface area contributed by atoms with E-state index in [1.165, 1.54) is 25.7 Å². The van der Waals surface area contributed by atoms with Crippen LogP contribution in [0.25, 0.3) is 0 Å². The van der Waals surface area contributed by atoms with E-state index in [-0.39, 0.29) is 44.0 Å². The van der Waals surface area contributed by atoms with Gasteiger partial charge in [-0.25, -0.2) is 0 Å². The molecule has 0 aromatic heterocycles. The van der Waals surface area contributed by atoms with Gasteiger partial charge in [0.2, 0.25) is 0 Å². The molecule has 0 saturated carbocycles. The first-order valence-corrected chi connectivity index (χ1v) is 26.3. The van der Waals surface area contributed by atoms with Gasteiger partial charge in [-0.2, -0.15) is 0 Å². The molecule has 0 rings (SSSR count). The van der Waals surface area contributed by atoms with Crippen LogP contribution in [0.15, 0.2) is 146 Å². The maximum Gasteiger partial charge on any atom is 0.306 e. The van der Waals surface area contributed by atoms with Gasteiger partial charge < -0.3 is 14.2 Å². The first kappa shape index (κ1) is 62.3. The van der Waals surface area contributed by atoms with Gasteiger partial charge in [0.05, 0.1) is 0 Å². The molecule has 0 heterocycles. The van der Waals surface area contributed by atoms with Crippen LogP contribution in [0.3, 0.4) is 0 Å². The summed E-state index contributed by atoms with van der Waals surface area (Å²) in [5.41, 5.74) is 0. The molecule has 0 aliphatic carbocycles. The normalized spacial score (nSPS) is 13.3. The second-order valence-corrected chi connectivity index (χ2v) is 16.7. The van der Waals surface area contributed by atoms with E-state index in [0.29, 0.717) is 19.3 Å². The van der Waals surface area contributed by atoms with E-state index in [9.17, 15) is 14.4 Å². The van der Waals surface area contributed by atoms with Gasteiger partial charge >= 0.3 is 17.9 Å². The third kappa shape index (κ3) is 52.1. The topological polar surface area (TPSA) is 78.9 Å². The summed E-state index contributed by atoms with van der Waals surface area (Å²) in [6.45, 7) is 6.25. The van der Waals surface area contributed by atoms with Crippen LogP contribution in [0, 0.1) is 0 Å². The molecule has 0 fully saturated rings. The van der Waals surface area contributed by atoms with Crippen molar-refractivity contribution < 1.29 is 28.6 Å². The fourth-order valence-electron chi connectivity index (χ4n) is 6.41. The van der Waals surface area contributed by atoms with Crippen LogP contribution in [-0.4, -0.2) is 37.2 Å². The Hall–Kier alpha value is -4.71. The minimum Gasteiger partial charge on any atom is -0.462 e. The molecule has 0 aliphatic heterocycles. The molecule has 0 N–H and O–H groups in total. The zero-order valence-corrected chi connectivity index (χ0v) is 42.6. The molecule has 374 valence electrons. The van der Waals surface area contributed by atoms with E-state index in [0.717, 1.165) is 122 Å². The molecule has 0 spiro atoms. The Morgan fingerprint density at radius 3 is 0.970 bits per heavy atom. The molecule has 0 aromatic rings. The lowest BCUT2D eigenvalue weighted by Gasteiger charge is -2.18. The summed E-state index contributed by atoms with van der Waals surface area (Å²) in [6.07, 6.45) is 76.9. The van der Waals surface area contributed by atoms with Crippen molar-refractivity contribution in [2.45, 2.75) is 207 Å². The summed E-state index contributed by atoms with van der Waals surface area (Å²) >= 11 is 0. The first-order chi connectivity index (χ1) is 33.0. The zero-order valence-electron chi connectivity index (χ0n) is 42.6. The van der Waals surface area contributed by atoms with E-state index >= 15 is 0 Å². The van der Waals surface area contributed by atoms with E-state index in [2.05, 4.69) is 167 Å². The van der Waals surface area contributed by atoms with Crippen LogP contribution in [0.2, 0.25) is 0 Å². The summed E-state index contributed by atoms with van der Waals surface area (Å²) in [5.74, 6) is -1.06. The van der Waals surface area contributed by atoms with Gasteiger partial charge in [-0.05, 0) is 135 Å². The number of carbonyl (C=O) groups is 3. The summed E-state index contributed by atoms with van der Waals surface area (Å²) in [4.78, 5) is 38.0.